The van der Waals surface area contributed by atoms with Crippen molar-refractivity contribution in [2.24, 2.45) is 0 Å². The molecule has 4 aromatic rings. The second kappa shape index (κ2) is 7.51. The summed E-state index contributed by atoms with van der Waals surface area (Å²) in [6.45, 7) is 0.543. The van der Waals surface area contributed by atoms with E-state index >= 15 is 0 Å². The third kappa shape index (κ3) is 2.94. The lowest BCUT2D eigenvalue weighted by molar-refractivity contribution is 0.414. The number of benzene rings is 4. The minimum atomic E-state index is -3.08. The van der Waals surface area contributed by atoms with Gasteiger partial charge in [0.05, 0.1) is 19.3 Å². The molecular weight excluding hydrogens is 389 g/mol. The molecule has 5 rings (SSSR count). The van der Waals surface area contributed by atoms with Crippen molar-refractivity contribution < 1.29 is 9.30 Å². The molecule has 1 atom stereocenters. The zero-order valence-electron chi connectivity index (χ0n) is 16.7. The van der Waals surface area contributed by atoms with Gasteiger partial charge in [-0.2, -0.15) is 0 Å². The molecule has 0 aliphatic carbocycles. The van der Waals surface area contributed by atoms with E-state index in [1.54, 1.807) is 7.11 Å². The fraction of sp³-hybridized carbons (Fsp3) is 0.0769. The van der Waals surface area contributed by atoms with Gasteiger partial charge in [-0.15, -0.1) is 0 Å². The smallest absolute Gasteiger partial charge is 0.230 e. The van der Waals surface area contributed by atoms with E-state index < -0.39 is 7.29 Å². The number of methoxy groups -OCH3 is 1. The SMILES string of the molecule is COc1ccc(CN2c3ccccc3-c3ccccc3[P@]2(=O)c2ccccc2)cc1. The summed E-state index contributed by atoms with van der Waals surface area (Å²) in [5.74, 6) is 0.814. The molecule has 0 fully saturated rings. The Bertz CT molecular complexity index is 1240. The predicted octanol–water partition coefficient (Wildman–Crippen LogP) is 5.61. The zero-order chi connectivity index (χ0) is 20.6. The molecular formula is C26H22NO2P. The van der Waals surface area contributed by atoms with Crippen molar-refractivity contribution in [3.05, 3.63) is 109 Å². The maximum atomic E-state index is 15.0. The fourth-order valence-corrected chi connectivity index (χ4v) is 7.21. The highest BCUT2D eigenvalue weighted by atomic mass is 31.2. The summed E-state index contributed by atoms with van der Waals surface area (Å²) in [7, 11) is -1.42. The first-order chi connectivity index (χ1) is 14.7. The summed E-state index contributed by atoms with van der Waals surface area (Å²) in [6.07, 6.45) is 0. The minimum Gasteiger partial charge on any atom is -0.497 e. The molecule has 148 valence electrons. The van der Waals surface area contributed by atoms with Crippen LogP contribution in [0.3, 0.4) is 0 Å². The predicted molar refractivity (Wildman–Crippen MR) is 124 cm³/mol. The number of hydrogen-bond acceptors (Lipinski definition) is 2. The van der Waals surface area contributed by atoms with Crippen molar-refractivity contribution in [3.8, 4) is 16.9 Å². The Balaban J connectivity index is 1.74. The molecule has 1 aliphatic rings. The first-order valence-electron chi connectivity index (χ1n) is 9.97. The van der Waals surface area contributed by atoms with Gasteiger partial charge in [-0.25, -0.2) is 0 Å². The van der Waals surface area contributed by atoms with Gasteiger partial charge in [0.1, 0.15) is 5.75 Å². The zero-order valence-corrected chi connectivity index (χ0v) is 17.6. The van der Waals surface area contributed by atoms with E-state index in [1.807, 2.05) is 84.9 Å². The minimum absolute atomic E-state index is 0.543. The molecule has 0 saturated heterocycles. The summed E-state index contributed by atoms with van der Waals surface area (Å²) in [5, 5.41) is 1.74. The fourth-order valence-electron chi connectivity index (χ4n) is 4.17. The maximum Gasteiger partial charge on any atom is 0.230 e. The van der Waals surface area contributed by atoms with Gasteiger partial charge in [-0.1, -0.05) is 66.7 Å². The molecule has 0 N–H and O–H groups in total. The molecule has 0 bridgehead atoms. The van der Waals surface area contributed by atoms with Crippen LogP contribution >= 0.6 is 7.29 Å². The summed E-state index contributed by atoms with van der Waals surface area (Å²) in [6, 6.07) is 34.2. The van der Waals surface area contributed by atoms with Crippen molar-refractivity contribution in [1.29, 1.82) is 0 Å². The van der Waals surface area contributed by atoms with Crippen molar-refractivity contribution in [1.82, 2.24) is 0 Å². The number of hydrogen-bond donors (Lipinski definition) is 0. The topological polar surface area (TPSA) is 29.5 Å². The molecule has 30 heavy (non-hydrogen) atoms. The Hall–Kier alpha value is -3.29. The van der Waals surface area contributed by atoms with Crippen LogP contribution in [0.15, 0.2) is 103 Å². The van der Waals surface area contributed by atoms with E-state index in [0.29, 0.717) is 6.54 Å². The molecule has 4 aromatic carbocycles. The highest BCUT2D eigenvalue weighted by Crippen LogP contribution is 2.58. The van der Waals surface area contributed by atoms with E-state index in [0.717, 1.165) is 38.7 Å². The Morgan fingerprint density at radius 1 is 0.733 bits per heavy atom. The normalized spacial score (nSPS) is 17.2. The van der Waals surface area contributed by atoms with Gasteiger partial charge in [0.15, 0.2) is 0 Å². The summed E-state index contributed by atoms with van der Waals surface area (Å²) >= 11 is 0. The van der Waals surface area contributed by atoms with E-state index in [-0.39, 0.29) is 0 Å². The monoisotopic (exact) mass is 411 g/mol. The van der Waals surface area contributed by atoms with Crippen LogP contribution in [0.25, 0.3) is 11.1 Å². The number of fused-ring (bicyclic) bond motifs is 3. The van der Waals surface area contributed by atoms with Crippen molar-refractivity contribution in [3.63, 3.8) is 0 Å². The lowest BCUT2D eigenvalue weighted by Gasteiger charge is -2.40. The summed E-state index contributed by atoms with van der Waals surface area (Å²) < 4.78 is 22.4. The molecule has 3 nitrogen and oxygen atoms in total. The van der Waals surface area contributed by atoms with Crippen LogP contribution in [-0.4, -0.2) is 7.11 Å². The quantitative estimate of drug-likeness (QED) is 0.409. The second-order valence-electron chi connectivity index (χ2n) is 7.35. The lowest BCUT2D eigenvalue weighted by Crippen LogP contribution is -2.36. The molecule has 4 heteroatoms. The van der Waals surface area contributed by atoms with Crippen molar-refractivity contribution in [2.45, 2.75) is 6.54 Å². The lowest BCUT2D eigenvalue weighted by atomic mass is 10.0. The van der Waals surface area contributed by atoms with Crippen LogP contribution in [0.2, 0.25) is 0 Å². The number of nitrogens with zero attached hydrogens (tertiary/aromatic N) is 1. The van der Waals surface area contributed by atoms with Crippen LogP contribution in [0, 0.1) is 0 Å². The molecule has 0 aromatic heterocycles. The first kappa shape index (κ1) is 18.7. The van der Waals surface area contributed by atoms with Gasteiger partial charge in [0.25, 0.3) is 0 Å². The van der Waals surface area contributed by atoms with Crippen molar-refractivity contribution in [2.75, 3.05) is 11.8 Å². The van der Waals surface area contributed by atoms with Crippen LogP contribution in [0.5, 0.6) is 5.75 Å². The molecule has 0 amide bonds. The van der Waals surface area contributed by atoms with Gasteiger partial charge >= 0.3 is 0 Å². The summed E-state index contributed by atoms with van der Waals surface area (Å²) in [5.41, 5.74) is 4.25. The molecule has 0 saturated carbocycles. The Kier molecular flexibility index (Phi) is 4.69. The first-order valence-corrected chi connectivity index (χ1v) is 11.6. The van der Waals surface area contributed by atoms with E-state index in [9.17, 15) is 4.57 Å². The average Bonchev–Trinajstić information content (AvgIpc) is 2.83. The van der Waals surface area contributed by atoms with E-state index in [1.165, 1.54) is 0 Å². The molecule has 0 radical (unpaired) electrons. The van der Waals surface area contributed by atoms with Gasteiger partial charge in [0.2, 0.25) is 7.29 Å². The van der Waals surface area contributed by atoms with E-state index in [2.05, 4.69) is 22.9 Å². The van der Waals surface area contributed by atoms with Gasteiger partial charge in [0, 0.05) is 16.2 Å². The number of para-hydroxylation sites is 1. The third-order valence-corrected chi connectivity index (χ3v) is 8.72. The van der Waals surface area contributed by atoms with Gasteiger partial charge < -0.3 is 9.41 Å². The van der Waals surface area contributed by atoms with Crippen molar-refractivity contribution >= 4 is 23.6 Å². The Labute approximate surface area is 177 Å². The second-order valence-corrected chi connectivity index (χ2v) is 9.98. The Morgan fingerprint density at radius 3 is 2.10 bits per heavy atom. The summed E-state index contributed by atoms with van der Waals surface area (Å²) in [4.78, 5) is 0. The third-order valence-electron chi connectivity index (χ3n) is 5.64. The molecule has 0 unspecified atom stereocenters. The molecule has 1 aliphatic heterocycles. The number of anilines is 1. The Morgan fingerprint density at radius 2 is 1.37 bits per heavy atom. The van der Waals surface area contributed by atoms with E-state index in [4.69, 9.17) is 4.74 Å². The maximum absolute atomic E-state index is 15.0. The van der Waals surface area contributed by atoms with Crippen LogP contribution < -0.4 is 20.0 Å². The van der Waals surface area contributed by atoms with Gasteiger partial charge in [-0.05, 0) is 47.5 Å². The van der Waals surface area contributed by atoms with Gasteiger partial charge in [-0.3, -0.25) is 4.57 Å². The number of rotatable bonds is 4. The highest BCUT2D eigenvalue weighted by Gasteiger charge is 2.41. The van der Waals surface area contributed by atoms with Crippen LogP contribution in [0.1, 0.15) is 5.56 Å². The molecule has 1 heterocycles. The standard InChI is InChI=1S/C26H22NO2P/c1-29-21-17-15-20(16-18-21)19-27-25-13-7-5-11-23(25)24-12-6-8-14-26(24)30(27,28)22-9-3-2-4-10-22/h2-18H,19H2,1H3/t30-/m1/s1. The highest BCUT2D eigenvalue weighted by molar-refractivity contribution is 7.80. The average molecular weight is 411 g/mol. The largest absolute Gasteiger partial charge is 0.497 e. The van der Waals surface area contributed by atoms with Crippen LogP contribution in [-0.2, 0) is 11.1 Å². The molecule has 0 spiro atoms. The number of ether oxygens (including phenoxy) is 1. The van der Waals surface area contributed by atoms with Crippen LogP contribution in [0.4, 0.5) is 5.69 Å².